The van der Waals surface area contributed by atoms with Crippen LogP contribution in [-0.2, 0) is 14.3 Å². The Balaban J connectivity index is 2.84. The highest BCUT2D eigenvalue weighted by Crippen LogP contribution is 2.19. The number of hydrogen-bond acceptors (Lipinski definition) is 6. The summed E-state index contributed by atoms with van der Waals surface area (Å²) in [7, 11) is 3.09. The number of nitrogens with zero attached hydrogens (tertiary/aromatic N) is 3. The molecule has 1 atom stereocenters. The smallest absolute Gasteiger partial charge is 0.410 e. The van der Waals surface area contributed by atoms with Gasteiger partial charge in [-0.2, -0.15) is 0 Å². The van der Waals surface area contributed by atoms with Crippen molar-refractivity contribution in [2.75, 3.05) is 27.2 Å². The van der Waals surface area contributed by atoms with Crippen LogP contribution in [0, 0.1) is 0 Å². The SMILES string of the molecule is CO/N=C1\CN(C(=O)OC(C)(C)C)CCC1N(C)C(=O)OC(C)(C)C. The van der Waals surface area contributed by atoms with Crippen LogP contribution in [0.2, 0.25) is 0 Å². The maximum atomic E-state index is 12.3. The van der Waals surface area contributed by atoms with Crippen molar-refractivity contribution in [3.05, 3.63) is 0 Å². The normalized spacial score (nSPS) is 20.2. The van der Waals surface area contributed by atoms with Crippen molar-refractivity contribution in [3.8, 4) is 0 Å². The maximum Gasteiger partial charge on any atom is 0.410 e. The average molecular weight is 357 g/mol. The van der Waals surface area contributed by atoms with E-state index in [2.05, 4.69) is 5.16 Å². The molecule has 1 aliphatic heterocycles. The highest BCUT2D eigenvalue weighted by atomic mass is 16.6. The predicted octanol–water partition coefficient (Wildman–Crippen LogP) is 2.87. The van der Waals surface area contributed by atoms with E-state index >= 15 is 0 Å². The third kappa shape index (κ3) is 6.80. The molecule has 1 rings (SSSR count). The minimum Gasteiger partial charge on any atom is -0.444 e. The van der Waals surface area contributed by atoms with Crippen LogP contribution in [0.5, 0.6) is 0 Å². The lowest BCUT2D eigenvalue weighted by atomic mass is 10.0. The van der Waals surface area contributed by atoms with E-state index in [1.807, 2.05) is 41.5 Å². The Morgan fingerprint density at radius 1 is 1.12 bits per heavy atom. The molecule has 0 N–H and O–H groups in total. The van der Waals surface area contributed by atoms with Gasteiger partial charge in [0, 0.05) is 13.6 Å². The van der Waals surface area contributed by atoms with Crippen molar-refractivity contribution >= 4 is 17.9 Å². The van der Waals surface area contributed by atoms with Gasteiger partial charge >= 0.3 is 12.2 Å². The van der Waals surface area contributed by atoms with Crippen LogP contribution in [0.3, 0.4) is 0 Å². The van der Waals surface area contributed by atoms with E-state index in [1.165, 1.54) is 12.0 Å². The van der Waals surface area contributed by atoms with Crippen molar-refractivity contribution in [2.24, 2.45) is 5.16 Å². The van der Waals surface area contributed by atoms with Crippen LogP contribution in [0.4, 0.5) is 9.59 Å². The largest absolute Gasteiger partial charge is 0.444 e. The molecule has 0 aromatic carbocycles. The molecule has 0 spiro atoms. The van der Waals surface area contributed by atoms with Crippen LogP contribution < -0.4 is 0 Å². The number of likely N-dealkylation sites (tertiary alicyclic amines) is 1. The maximum absolute atomic E-state index is 12.3. The van der Waals surface area contributed by atoms with Gasteiger partial charge in [0.1, 0.15) is 18.3 Å². The van der Waals surface area contributed by atoms with Crippen LogP contribution >= 0.6 is 0 Å². The zero-order chi connectivity index (χ0) is 19.4. The Bertz CT molecular complexity index is 519. The highest BCUT2D eigenvalue weighted by molar-refractivity contribution is 5.95. The van der Waals surface area contributed by atoms with Crippen LogP contribution in [0.1, 0.15) is 48.0 Å². The van der Waals surface area contributed by atoms with Gasteiger partial charge in [-0.3, -0.25) is 0 Å². The molecule has 0 saturated carbocycles. The summed E-state index contributed by atoms with van der Waals surface area (Å²) in [6, 6.07) is -0.298. The lowest BCUT2D eigenvalue weighted by Gasteiger charge is -2.38. The summed E-state index contributed by atoms with van der Waals surface area (Å²) in [5, 5.41) is 4.01. The van der Waals surface area contributed by atoms with Gasteiger partial charge in [0.2, 0.25) is 0 Å². The minimum atomic E-state index is -0.582. The molecular formula is C17H31N3O5. The number of rotatable bonds is 2. The average Bonchev–Trinajstić information content (AvgIpc) is 2.43. The third-order valence-electron chi connectivity index (χ3n) is 3.42. The Kier molecular flexibility index (Phi) is 6.68. The Morgan fingerprint density at radius 3 is 2.16 bits per heavy atom. The van der Waals surface area contributed by atoms with Gasteiger partial charge in [-0.05, 0) is 48.0 Å². The van der Waals surface area contributed by atoms with Gasteiger partial charge in [0.15, 0.2) is 0 Å². The number of oxime groups is 1. The summed E-state index contributed by atoms with van der Waals surface area (Å²) in [5.41, 5.74) is -0.575. The second-order valence-corrected chi connectivity index (χ2v) is 8.06. The molecule has 0 aliphatic carbocycles. The van der Waals surface area contributed by atoms with E-state index in [4.69, 9.17) is 14.3 Å². The molecule has 1 heterocycles. The Labute approximate surface area is 150 Å². The van der Waals surface area contributed by atoms with Crippen LogP contribution in [-0.4, -0.2) is 72.2 Å². The number of piperidine rings is 1. The van der Waals surface area contributed by atoms with Gasteiger partial charge in [-0.1, -0.05) is 5.16 Å². The minimum absolute atomic E-state index is 0.237. The van der Waals surface area contributed by atoms with E-state index in [0.717, 1.165) is 0 Å². The topological polar surface area (TPSA) is 80.7 Å². The molecule has 1 saturated heterocycles. The number of ether oxygens (including phenoxy) is 2. The molecule has 0 bridgehead atoms. The highest BCUT2D eigenvalue weighted by Gasteiger charge is 2.36. The summed E-state index contributed by atoms with van der Waals surface area (Å²) >= 11 is 0. The monoisotopic (exact) mass is 357 g/mol. The third-order valence-corrected chi connectivity index (χ3v) is 3.42. The first-order chi connectivity index (χ1) is 11.3. The van der Waals surface area contributed by atoms with Gasteiger partial charge < -0.3 is 24.1 Å². The summed E-state index contributed by atoms with van der Waals surface area (Å²) in [6.07, 6.45) is -0.321. The zero-order valence-corrected chi connectivity index (χ0v) is 16.6. The molecular weight excluding hydrogens is 326 g/mol. The number of hydrogen-bond donors (Lipinski definition) is 0. The lowest BCUT2D eigenvalue weighted by molar-refractivity contribution is 0.0178. The quantitative estimate of drug-likeness (QED) is 0.710. The summed E-state index contributed by atoms with van der Waals surface area (Å²) in [5.74, 6) is 0. The summed E-state index contributed by atoms with van der Waals surface area (Å²) < 4.78 is 10.8. The van der Waals surface area contributed by atoms with Gasteiger partial charge in [0.05, 0.1) is 18.3 Å². The molecule has 8 nitrogen and oxygen atoms in total. The van der Waals surface area contributed by atoms with E-state index < -0.39 is 23.4 Å². The van der Waals surface area contributed by atoms with E-state index in [0.29, 0.717) is 18.7 Å². The molecule has 1 fully saturated rings. The molecule has 0 aromatic heterocycles. The summed E-state index contributed by atoms with van der Waals surface area (Å²) in [4.78, 5) is 32.5. The molecule has 144 valence electrons. The first kappa shape index (κ1) is 21.1. The first-order valence-corrected chi connectivity index (χ1v) is 8.37. The van der Waals surface area contributed by atoms with Crippen molar-refractivity contribution in [1.82, 2.24) is 9.80 Å². The fourth-order valence-electron chi connectivity index (χ4n) is 2.39. The fraction of sp³-hybridized carbons (Fsp3) is 0.824. The molecule has 1 aliphatic rings. The number of carbonyl (C=O) groups excluding carboxylic acids is 2. The Hall–Kier alpha value is -1.99. The lowest BCUT2D eigenvalue weighted by Crippen LogP contribution is -2.54. The first-order valence-electron chi connectivity index (χ1n) is 8.37. The molecule has 2 amide bonds. The van der Waals surface area contributed by atoms with E-state index in [-0.39, 0.29) is 12.6 Å². The van der Waals surface area contributed by atoms with Crippen molar-refractivity contribution in [1.29, 1.82) is 0 Å². The van der Waals surface area contributed by atoms with E-state index in [1.54, 1.807) is 11.9 Å². The molecule has 1 unspecified atom stereocenters. The second-order valence-electron chi connectivity index (χ2n) is 8.06. The van der Waals surface area contributed by atoms with Crippen LogP contribution in [0.25, 0.3) is 0 Å². The van der Waals surface area contributed by atoms with Gasteiger partial charge in [0.25, 0.3) is 0 Å². The van der Waals surface area contributed by atoms with Gasteiger partial charge in [-0.25, -0.2) is 9.59 Å². The number of carbonyl (C=O) groups is 2. The standard InChI is InChI=1S/C17H31N3O5/c1-16(2,3)24-14(21)19(7)13-9-10-20(11-12(13)18-23-8)15(22)25-17(4,5)6/h13H,9-11H2,1-8H3/b18-12+. The van der Waals surface area contributed by atoms with E-state index in [9.17, 15) is 9.59 Å². The van der Waals surface area contributed by atoms with Crippen LogP contribution in [0.15, 0.2) is 5.16 Å². The second kappa shape index (κ2) is 7.93. The predicted molar refractivity (Wildman–Crippen MR) is 94.7 cm³/mol. The van der Waals surface area contributed by atoms with Crippen molar-refractivity contribution in [2.45, 2.75) is 65.2 Å². The van der Waals surface area contributed by atoms with Crippen molar-refractivity contribution < 1.29 is 23.9 Å². The van der Waals surface area contributed by atoms with Crippen molar-refractivity contribution in [3.63, 3.8) is 0 Å². The zero-order valence-electron chi connectivity index (χ0n) is 16.6. The fourth-order valence-corrected chi connectivity index (χ4v) is 2.39. The summed E-state index contributed by atoms with van der Waals surface area (Å²) in [6.45, 7) is 11.6. The molecule has 0 aromatic rings. The number of amides is 2. The van der Waals surface area contributed by atoms with Gasteiger partial charge in [-0.15, -0.1) is 0 Å². The molecule has 25 heavy (non-hydrogen) atoms. The molecule has 8 heteroatoms. The Morgan fingerprint density at radius 2 is 1.68 bits per heavy atom. The molecule has 0 radical (unpaired) electrons.